The van der Waals surface area contributed by atoms with Gasteiger partial charge in [-0.15, -0.1) is 0 Å². The Labute approximate surface area is 165 Å². The standard InChI is InChI=1S/C16H23N3O3.C2HF3O2/c20-16(13-4-1-5-17-13)19-10-14-15(11-19)22-8-6-18(14)9-12-3-2-7-21-12;3-2(4,5)1(6)7/h1,4-5,12,14-15,17H,2-3,6-11H2;(H,6,7)/t12?,14-,15+;/m1./s1. The Bertz CT molecular complexity index is 691. The highest BCUT2D eigenvalue weighted by molar-refractivity contribution is 5.92. The van der Waals surface area contributed by atoms with E-state index in [1.807, 2.05) is 17.0 Å². The van der Waals surface area contributed by atoms with Crippen molar-refractivity contribution in [3.05, 3.63) is 24.0 Å². The highest BCUT2D eigenvalue weighted by Crippen LogP contribution is 2.26. The van der Waals surface area contributed by atoms with Gasteiger partial charge in [-0.3, -0.25) is 9.69 Å². The fourth-order valence-electron chi connectivity index (χ4n) is 3.83. The topological polar surface area (TPSA) is 95.1 Å². The number of alkyl halides is 3. The predicted octanol–water partition coefficient (Wildman–Crippen LogP) is 1.35. The molecule has 1 aromatic rings. The van der Waals surface area contributed by atoms with E-state index in [2.05, 4.69) is 9.88 Å². The number of carboxylic acid groups (broad SMARTS) is 1. The van der Waals surface area contributed by atoms with Crippen molar-refractivity contribution in [3.8, 4) is 0 Å². The lowest BCUT2D eigenvalue weighted by molar-refractivity contribution is -0.192. The summed E-state index contributed by atoms with van der Waals surface area (Å²) in [5.74, 6) is -2.69. The van der Waals surface area contributed by atoms with E-state index in [0.29, 0.717) is 24.4 Å². The number of likely N-dealkylation sites (tertiary alicyclic amines) is 1. The number of fused-ring (bicyclic) bond motifs is 1. The van der Waals surface area contributed by atoms with Gasteiger partial charge in [-0.25, -0.2) is 4.79 Å². The zero-order valence-electron chi connectivity index (χ0n) is 15.7. The van der Waals surface area contributed by atoms with Crippen molar-refractivity contribution >= 4 is 11.9 Å². The molecule has 1 unspecified atom stereocenters. The summed E-state index contributed by atoms with van der Waals surface area (Å²) in [5.41, 5.74) is 0.657. The van der Waals surface area contributed by atoms with Crippen LogP contribution in [0.1, 0.15) is 23.3 Å². The first-order valence-corrected chi connectivity index (χ1v) is 9.45. The first kappa shape index (κ1) is 21.6. The van der Waals surface area contributed by atoms with Gasteiger partial charge in [-0.05, 0) is 25.0 Å². The molecule has 0 aliphatic carbocycles. The van der Waals surface area contributed by atoms with E-state index in [4.69, 9.17) is 19.4 Å². The van der Waals surface area contributed by atoms with Crippen LogP contribution in [0.4, 0.5) is 13.2 Å². The number of nitrogens with one attached hydrogen (secondary N) is 1. The van der Waals surface area contributed by atoms with Crippen LogP contribution in [-0.2, 0) is 14.3 Å². The van der Waals surface area contributed by atoms with Gasteiger partial charge in [0.1, 0.15) is 5.69 Å². The lowest BCUT2D eigenvalue weighted by Gasteiger charge is -2.37. The highest BCUT2D eigenvalue weighted by atomic mass is 19.4. The molecule has 1 amide bonds. The number of hydrogen-bond donors (Lipinski definition) is 2. The van der Waals surface area contributed by atoms with Crippen LogP contribution in [0.3, 0.4) is 0 Å². The number of hydrogen-bond acceptors (Lipinski definition) is 5. The van der Waals surface area contributed by atoms with E-state index in [-0.39, 0.29) is 12.0 Å². The van der Waals surface area contributed by atoms with Gasteiger partial charge in [0.25, 0.3) is 5.91 Å². The van der Waals surface area contributed by atoms with Gasteiger partial charge in [0, 0.05) is 39.0 Å². The molecule has 3 saturated heterocycles. The van der Waals surface area contributed by atoms with Gasteiger partial charge in [0.05, 0.1) is 24.9 Å². The van der Waals surface area contributed by atoms with Crippen LogP contribution in [0.15, 0.2) is 18.3 Å². The molecule has 29 heavy (non-hydrogen) atoms. The van der Waals surface area contributed by atoms with Gasteiger partial charge >= 0.3 is 12.1 Å². The van der Waals surface area contributed by atoms with Gasteiger partial charge in [-0.2, -0.15) is 13.2 Å². The van der Waals surface area contributed by atoms with E-state index in [9.17, 15) is 18.0 Å². The molecule has 0 saturated carbocycles. The molecule has 0 aromatic carbocycles. The minimum atomic E-state index is -5.08. The molecule has 0 spiro atoms. The minimum absolute atomic E-state index is 0.0695. The lowest BCUT2D eigenvalue weighted by Crippen LogP contribution is -2.52. The molecular formula is C18H24F3N3O5. The van der Waals surface area contributed by atoms with Crippen LogP contribution in [0.25, 0.3) is 0 Å². The molecule has 11 heteroatoms. The Hall–Kier alpha value is -2.11. The summed E-state index contributed by atoms with van der Waals surface area (Å²) >= 11 is 0. The van der Waals surface area contributed by atoms with Gasteiger partial charge in [0.2, 0.25) is 0 Å². The molecule has 4 rings (SSSR count). The van der Waals surface area contributed by atoms with Crippen molar-refractivity contribution in [1.82, 2.24) is 14.8 Å². The maximum absolute atomic E-state index is 12.5. The van der Waals surface area contributed by atoms with E-state index in [0.717, 1.165) is 39.3 Å². The van der Waals surface area contributed by atoms with Crippen molar-refractivity contribution in [1.29, 1.82) is 0 Å². The molecule has 1 aromatic heterocycles. The predicted molar refractivity (Wildman–Crippen MR) is 94.5 cm³/mol. The summed E-state index contributed by atoms with van der Waals surface area (Å²) in [4.78, 5) is 28.8. The third-order valence-electron chi connectivity index (χ3n) is 5.24. The summed E-state index contributed by atoms with van der Waals surface area (Å²) < 4.78 is 43.4. The summed E-state index contributed by atoms with van der Waals surface area (Å²) in [6.45, 7) is 4.97. The van der Waals surface area contributed by atoms with Crippen LogP contribution in [0.2, 0.25) is 0 Å². The first-order valence-electron chi connectivity index (χ1n) is 9.45. The van der Waals surface area contributed by atoms with E-state index in [1.54, 1.807) is 6.20 Å². The fraction of sp³-hybridized carbons (Fsp3) is 0.667. The summed E-state index contributed by atoms with van der Waals surface area (Å²) in [6, 6.07) is 3.99. The maximum Gasteiger partial charge on any atom is 0.490 e. The minimum Gasteiger partial charge on any atom is -0.475 e. The molecular weight excluding hydrogens is 395 g/mol. The third-order valence-corrected chi connectivity index (χ3v) is 5.24. The average molecular weight is 419 g/mol. The Morgan fingerprint density at radius 2 is 2.00 bits per heavy atom. The zero-order valence-corrected chi connectivity index (χ0v) is 15.7. The number of aliphatic carboxylic acids is 1. The van der Waals surface area contributed by atoms with Crippen molar-refractivity contribution in [3.63, 3.8) is 0 Å². The van der Waals surface area contributed by atoms with Gasteiger partial charge < -0.3 is 24.5 Å². The smallest absolute Gasteiger partial charge is 0.475 e. The second kappa shape index (κ2) is 9.14. The molecule has 3 aliphatic rings. The molecule has 162 valence electrons. The first-order chi connectivity index (χ1) is 13.8. The van der Waals surface area contributed by atoms with Crippen LogP contribution >= 0.6 is 0 Å². The van der Waals surface area contributed by atoms with Crippen LogP contribution in [-0.4, -0.2) is 95.6 Å². The second-order valence-corrected chi connectivity index (χ2v) is 7.20. The van der Waals surface area contributed by atoms with E-state index in [1.165, 1.54) is 6.42 Å². The molecule has 8 nitrogen and oxygen atoms in total. The maximum atomic E-state index is 12.5. The number of carbonyl (C=O) groups excluding carboxylic acids is 1. The lowest BCUT2D eigenvalue weighted by atomic mass is 10.1. The van der Waals surface area contributed by atoms with Crippen molar-refractivity contribution < 1.29 is 37.3 Å². The molecule has 0 bridgehead atoms. The second-order valence-electron chi connectivity index (χ2n) is 7.20. The molecule has 2 N–H and O–H groups in total. The molecule has 4 heterocycles. The van der Waals surface area contributed by atoms with Crippen LogP contribution in [0.5, 0.6) is 0 Å². The van der Waals surface area contributed by atoms with Crippen LogP contribution in [0, 0.1) is 0 Å². The summed E-state index contributed by atoms with van der Waals surface area (Å²) in [6.07, 6.45) is -0.488. The number of morpholine rings is 1. The van der Waals surface area contributed by atoms with Crippen molar-refractivity contribution in [2.24, 2.45) is 0 Å². The molecule has 3 atom stereocenters. The van der Waals surface area contributed by atoms with Crippen LogP contribution < -0.4 is 0 Å². The molecule has 3 fully saturated rings. The monoisotopic (exact) mass is 419 g/mol. The number of halogens is 3. The van der Waals surface area contributed by atoms with Gasteiger partial charge in [0.15, 0.2) is 0 Å². The van der Waals surface area contributed by atoms with Gasteiger partial charge in [-0.1, -0.05) is 0 Å². The zero-order chi connectivity index (χ0) is 21.0. The third kappa shape index (κ3) is 5.49. The van der Waals surface area contributed by atoms with Crippen molar-refractivity contribution in [2.75, 3.05) is 39.4 Å². The number of amides is 1. The quantitative estimate of drug-likeness (QED) is 0.768. The number of ether oxygens (including phenoxy) is 2. The number of aromatic amines is 1. The number of aromatic nitrogens is 1. The fourth-order valence-corrected chi connectivity index (χ4v) is 3.83. The molecule has 0 radical (unpaired) electrons. The highest BCUT2D eigenvalue weighted by Gasteiger charge is 2.42. The Balaban J connectivity index is 0.000000298. The van der Waals surface area contributed by atoms with E-state index < -0.39 is 12.1 Å². The summed E-state index contributed by atoms with van der Waals surface area (Å²) in [7, 11) is 0. The number of nitrogens with zero attached hydrogens (tertiary/aromatic N) is 2. The SMILES string of the molecule is O=C(O)C(F)(F)F.O=C(c1ccc[nH]1)N1C[C@@H]2OCCN(CC3CCCO3)[C@@H]2C1. The summed E-state index contributed by atoms with van der Waals surface area (Å²) in [5, 5.41) is 7.12. The van der Waals surface area contributed by atoms with Crippen molar-refractivity contribution in [2.45, 2.75) is 37.3 Å². The van der Waals surface area contributed by atoms with E-state index >= 15 is 0 Å². The average Bonchev–Trinajstić information content (AvgIpc) is 3.42. The number of carbonyl (C=O) groups is 2. The largest absolute Gasteiger partial charge is 0.490 e. The molecule has 3 aliphatic heterocycles. The number of H-pyrrole nitrogens is 1. The normalized spacial score (nSPS) is 27.3. The number of rotatable bonds is 3. The Morgan fingerprint density at radius 1 is 1.24 bits per heavy atom. The Kier molecular flexibility index (Phi) is 6.81. The Morgan fingerprint density at radius 3 is 2.59 bits per heavy atom. The number of carboxylic acids is 1.